The Kier molecular flexibility index (Phi) is 2.22. The highest BCUT2D eigenvalue weighted by molar-refractivity contribution is 5.92. The van der Waals surface area contributed by atoms with Crippen LogP contribution in [0.1, 0.15) is 0 Å². The van der Waals surface area contributed by atoms with Gasteiger partial charge < -0.3 is 19.5 Å². The van der Waals surface area contributed by atoms with E-state index in [2.05, 4.69) is 9.99 Å². The molecule has 0 aromatic heterocycles. The predicted octanol–water partition coefficient (Wildman–Crippen LogP) is -0.809. The van der Waals surface area contributed by atoms with Crippen molar-refractivity contribution in [1.82, 2.24) is 0 Å². The second kappa shape index (κ2) is 3.39. The van der Waals surface area contributed by atoms with Crippen LogP contribution in [0.15, 0.2) is 5.16 Å². The maximum atomic E-state index is 10.1. The lowest BCUT2D eigenvalue weighted by Gasteiger charge is -2.12. The summed E-state index contributed by atoms with van der Waals surface area (Å²) in [6.45, 7) is 0.179. The highest BCUT2D eigenvalue weighted by Crippen LogP contribution is 2.26. The van der Waals surface area contributed by atoms with Crippen molar-refractivity contribution < 1.29 is 24.6 Å². The van der Waals surface area contributed by atoms with Gasteiger partial charge in [-0.1, -0.05) is 5.16 Å². The number of nitrogens with zero attached hydrogens (tertiary/aromatic N) is 2. The molecule has 2 fully saturated rings. The number of rotatable bonds is 2. The minimum atomic E-state index is -0.881. The first-order chi connectivity index (χ1) is 6.72. The third-order valence-electron chi connectivity index (χ3n) is 2.21. The van der Waals surface area contributed by atoms with Gasteiger partial charge in [0.05, 0.1) is 13.2 Å². The molecule has 2 aliphatic rings. The van der Waals surface area contributed by atoms with Crippen LogP contribution < -0.4 is 0 Å². The summed E-state index contributed by atoms with van der Waals surface area (Å²) in [6.07, 6.45) is -1.81. The molecular weight excluding hydrogens is 196 g/mol. The van der Waals surface area contributed by atoms with Crippen LogP contribution in [0.25, 0.3) is 0 Å². The Balaban J connectivity index is 2.04. The maximum absolute atomic E-state index is 10.1. The molecule has 0 aliphatic carbocycles. The Bertz CT molecular complexity index is 279. The van der Waals surface area contributed by atoms with E-state index >= 15 is 0 Å². The van der Waals surface area contributed by atoms with Crippen molar-refractivity contribution in [3.05, 3.63) is 10.1 Å². The molecule has 0 spiro atoms. The molecule has 0 amide bonds. The van der Waals surface area contributed by atoms with Gasteiger partial charge in [-0.3, -0.25) is 0 Å². The van der Waals surface area contributed by atoms with Gasteiger partial charge in [0.1, 0.15) is 17.9 Å². The first-order valence-electron chi connectivity index (χ1n) is 3.97. The molecule has 1 N–H and O–H groups in total. The van der Waals surface area contributed by atoms with Crippen molar-refractivity contribution in [3.8, 4) is 0 Å². The van der Waals surface area contributed by atoms with Crippen LogP contribution in [0.4, 0.5) is 0 Å². The lowest BCUT2D eigenvalue weighted by molar-refractivity contribution is -0.769. The van der Waals surface area contributed by atoms with Crippen molar-refractivity contribution in [1.29, 1.82) is 0 Å². The van der Waals surface area contributed by atoms with Gasteiger partial charge in [0.25, 0.3) is 5.09 Å². The fourth-order valence-electron chi connectivity index (χ4n) is 1.61. The van der Waals surface area contributed by atoms with E-state index in [1.165, 1.54) is 0 Å². The monoisotopic (exact) mass is 204 g/mol. The van der Waals surface area contributed by atoms with Crippen LogP contribution in [0.3, 0.4) is 0 Å². The molecule has 2 rings (SSSR count). The van der Waals surface area contributed by atoms with E-state index in [0.717, 1.165) is 0 Å². The minimum absolute atomic E-state index is 0.0648. The fraction of sp³-hybridized carbons (Fsp3) is 0.833. The first kappa shape index (κ1) is 9.16. The molecule has 2 saturated heterocycles. The van der Waals surface area contributed by atoms with E-state index in [1.807, 2.05) is 0 Å². The van der Waals surface area contributed by atoms with Crippen molar-refractivity contribution in [2.75, 3.05) is 13.2 Å². The molecule has 0 bridgehead atoms. The molecule has 0 unspecified atom stereocenters. The molecule has 0 saturated carbocycles. The summed E-state index contributed by atoms with van der Waals surface area (Å²) in [5, 5.41) is 20.7. The van der Waals surface area contributed by atoms with Gasteiger partial charge in [0.15, 0.2) is 6.10 Å². The van der Waals surface area contributed by atoms with Gasteiger partial charge in [0, 0.05) is 0 Å². The third-order valence-corrected chi connectivity index (χ3v) is 2.21. The summed E-state index contributed by atoms with van der Waals surface area (Å²) in [5.74, 6) is 0. The number of oxime groups is 1. The number of ether oxygens (including phenoxy) is 2. The fourth-order valence-corrected chi connectivity index (χ4v) is 1.61. The molecule has 78 valence electrons. The largest absolute Gasteiger partial charge is 0.411 e. The zero-order valence-corrected chi connectivity index (χ0v) is 7.03. The molecular formula is C6H8N2O6. The Morgan fingerprint density at radius 2 is 2.43 bits per heavy atom. The summed E-state index contributed by atoms with van der Waals surface area (Å²) in [5.41, 5.74) is 0.337. The lowest BCUT2D eigenvalue weighted by atomic mass is 10.1. The van der Waals surface area contributed by atoms with Crippen LogP contribution >= 0.6 is 0 Å². The van der Waals surface area contributed by atoms with Crippen molar-refractivity contribution in [3.63, 3.8) is 0 Å². The number of hydrogen-bond donors (Lipinski definition) is 1. The van der Waals surface area contributed by atoms with Crippen LogP contribution in [0.5, 0.6) is 0 Å². The first-order valence-corrected chi connectivity index (χ1v) is 3.97. The average Bonchev–Trinajstić information content (AvgIpc) is 2.67. The summed E-state index contributed by atoms with van der Waals surface area (Å²) in [7, 11) is 0. The molecule has 8 nitrogen and oxygen atoms in total. The number of hydrogen-bond acceptors (Lipinski definition) is 7. The van der Waals surface area contributed by atoms with E-state index in [0.29, 0.717) is 5.71 Å². The summed E-state index contributed by atoms with van der Waals surface area (Å²) >= 11 is 0. The van der Waals surface area contributed by atoms with Gasteiger partial charge in [-0.15, -0.1) is 10.1 Å². The Hall–Kier alpha value is -1.41. The summed E-state index contributed by atoms with van der Waals surface area (Å²) in [4.78, 5) is 14.4. The predicted molar refractivity (Wildman–Crippen MR) is 40.6 cm³/mol. The highest BCUT2D eigenvalue weighted by Gasteiger charge is 2.48. The summed E-state index contributed by atoms with van der Waals surface area (Å²) < 4.78 is 10.3. The van der Waals surface area contributed by atoms with Gasteiger partial charge >= 0.3 is 0 Å². The van der Waals surface area contributed by atoms with Gasteiger partial charge in [-0.05, 0) is 0 Å². The quantitative estimate of drug-likeness (QED) is 0.358. The van der Waals surface area contributed by atoms with E-state index in [1.54, 1.807) is 0 Å². The van der Waals surface area contributed by atoms with Crippen molar-refractivity contribution >= 4 is 5.71 Å². The molecule has 8 heteroatoms. The molecule has 14 heavy (non-hydrogen) atoms. The second-order valence-corrected chi connectivity index (χ2v) is 2.99. The van der Waals surface area contributed by atoms with Crippen LogP contribution in [0.2, 0.25) is 0 Å². The van der Waals surface area contributed by atoms with Gasteiger partial charge in [0.2, 0.25) is 0 Å². The molecule has 2 aliphatic heterocycles. The van der Waals surface area contributed by atoms with Crippen molar-refractivity contribution in [2.45, 2.75) is 18.3 Å². The normalized spacial score (nSPS) is 38.6. The van der Waals surface area contributed by atoms with Crippen molar-refractivity contribution in [2.24, 2.45) is 5.16 Å². The molecule has 3 atom stereocenters. The Labute approximate surface area is 78.1 Å². The van der Waals surface area contributed by atoms with Crippen LogP contribution in [-0.4, -0.2) is 47.5 Å². The van der Waals surface area contributed by atoms with Gasteiger partial charge in [-0.25, -0.2) is 0 Å². The Morgan fingerprint density at radius 3 is 3.07 bits per heavy atom. The molecule has 2 heterocycles. The third kappa shape index (κ3) is 1.38. The molecule has 0 aromatic rings. The van der Waals surface area contributed by atoms with E-state index in [9.17, 15) is 10.1 Å². The zero-order chi connectivity index (χ0) is 10.1. The average molecular weight is 204 g/mol. The van der Waals surface area contributed by atoms with Crippen LogP contribution in [0, 0.1) is 10.1 Å². The smallest absolute Gasteiger partial charge is 0.294 e. The minimum Gasteiger partial charge on any atom is -0.411 e. The Morgan fingerprint density at radius 1 is 1.64 bits per heavy atom. The number of fused-ring (bicyclic) bond motifs is 1. The molecule has 0 aromatic carbocycles. The van der Waals surface area contributed by atoms with Crippen LogP contribution in [-0.2, 0) is 14.3 Å². The lowest BCUT2D eigenvalue weighted by Crippen LogP contribution is -2.32. The SMILES string of the molecule is O=[N+]([O-])O[C@@H]1CO[C@@H]2/C(=N\O)CO[C@@H]21. The highest BCUT2D eigenvalue weighted by atomic mass is 17.0. The van der Waals surface area contributed by atoms with E-state index in [4.69, 9.17) is 14.7 Å². The van der Waals surface area contributed by atoms with E-state index in [-0.39, 0.29) is 13.2 Å². The maximum Gasteiger partial charge on any atom is 0.294 e. The second-order valence-electron chi connectivity index (χ2n) is 2.99. The van der Waals surface area contributed by atoms with E-state index < -0.39 is 23.4 Å². The standard InChI is InChI=1S/C6H8N2O6/c9-7-3-1-12-6-4(14-8(10)11)2-13-5(3)6/h4-6,9H,1-2H2/b7-3-/t4-,5-,6-/m1/s1. The van der Waals surface area contributed by atoms with Gasteiger partial charge in [-0.2, -0.15) is 0 Å². The topological polar surface area (TPSA) is 103 Å². The zero-order valence-electron chi connectivity index (χ0n) is 7.03. The summed E-state index contributed by atoms with van der Waals surface area (Å²) in [6, 6.07) is 0. The molecule has 0 radical (unpaired) electrons.